The van der Waals surface area contributed by atoms with Crippen LogP contribution >= 0.6 is 0 Å². The lowest BCUT2D eigenvalue weighted by Gasteiger charge is -2.30. The number of unbranched alkanes of at least 4 members (excludes halogenated alkanes) is 3. The Morgan fingerprint density at radius 2 is 1.56 bits per heavy atom. The second-order valence-corrected chi connectivity index (χ2v) is 8.41. The highest BCUT2D eigenvalue weighted by Gasteiger charge is 2.16. The molecule has 0 spiro atoms. The summed E-state index contributed by atoms with van der Waals surface area (Å²) in [6.07, 6.45) is 4.95. The first-order valence-electron chi connectivity index (χ1n) is 11.0. The fourth-order valence-corrected chi connectivity index (χ4v) is 3.23. The van der Waals surface area contributed by atoms with Crippen LogP contribution < -0.4 is 29.3 Å². The van der Waals surface area contributed by atoms with Crippen LogP contribution in [-0.4, -0.2) is 73.4 Å². The molecule has 0 aliphatic rings. The van der Waals surface area contributed by atoms with Crippen LogP contribution in [0.3, 0.4) is 0 Å². The maximum Gasteiger partial charge on any atom is 0.306 e. The molecule has 1 aromatic carbocycles. The minimum Gasteiger partial charge on any atom is -1.00 e. The highest BCUT2D eigenvalue weighted by atomic mass is 127. The first kappa shape index (κ1) is 30.3. The normalized spacial score (nSPS) is 10.8. The molecule has 0 atom stereocenters. The number of halogens is 1. The Kier molecular flexibility index (Phi) is 15.9. The fourth-order valence-electron chi connectivity index (χ4n) is 3.23. The summed E-state index contributed by atoms with van der Waals surface area (Å²) < 4.78 is 5.35. The number of hydrogen-bond donors (Lipinski definition) is 2. The van der Waals surface area contributed by atoms with Gasteiger partial charge in [-0.25, -0.2) is 5.06 Å². The molecule has 1 aromatic rings. The van der Waals surface area contributed by atoms with Crippen molar-refractivity contribution in [3.05, 3.63) is 30.3 Å². The fraction of sp³-hybridized carbons (Fsp3) is 0.609. The van der Waals surface area contributed by atoms with Crippen LogP contribution in [0.2, 0.25) is 0 Å². The molecule has 0 heterocycles. The third-order valence-electron chi connectivity index (χ3n) is 5.17. The molecule has 9 heteroatoms. The first-order chi connectivity index (χ1) is 14.7. The lowest BCUT2D eigenvalue weighted by atomic mass is 10.1. The summed E-state index contributed by atoms with van der Waals surface area (Å²) in [4.78, 5) is 34.7. The average Bonchev–Trinajstić information content (AvgIpc) is 2.74. The second kappa shape index (κ2) is 16.8. The number of benzene rings is 1. The standard InChI is InChI=1S/C23H37N3O5.HI/c1-26(2,19-11-9-17-25(30)22(28)15-16-23(29)31-3)18-10-5-8-14-21(27)24-20-12-6-4-7-13-20;/h4,6-7,12-13,30H,5,8-11,14-19H2,1-3H3;1H. The largest absolute Gasteiger partial charge is 1.00 e. The molecule has 1 rings (SSSR count). The summed E-state index contributed by atoms with van der Waals surface area (Å²) in [6.45, 7) is 2.22. The summed E-state index contributed by atoms with van der Waals surface area (Å²) in [6, 6.07) is 9.48. The van der Waals surface area contributed by atoms with Crippen molar-refractivity contribution >= 4 is 23.5 Å². The molecular formula is C23H38IN3O5. The topological polar surface area (TPSA) is 95.9 Å². The van der Waals surface area contributed by atoms with E-state index in [4.69, 9.17) is 0 Å². The third kappa shape index (κ3) is 14.4. The van der Waals surface area contributed by atoms with Crippen molar-refractivity contribution in [1.82, 2.24) is 5.06 Å². The predicted octanol–water partition coefficient (Wildman–Crippen LogP) is 0.217. The number of ether oxygens (including phenoxy) is 1. The number of carbonyl (C=O) groups excluding carboxylic acids is 3. The molecule has 2 N–H and O–H groups in total. The van der Waals surface area contributed by atoms with E-state index in [2.05, 4.69) is 24.1 Å². The van der Waals surface area contributed by atoms with Gasteiger partial charge >= 0.3 is 5.97 Å². The molecule has 0 fully saturated rings. The minimum absolute atomic E-state index is 0. The van der Waals surface area contributed by atoms with Gasteiger partial charge in [-0.3, -0.25) is 19.6 Å². The Balaban J connectivity index is 0.00000961. The Hall–Kier alpha value is -1.72. The number of hydrogen-bond acceptors (Lipinski definition) is 5. The number of esters is 1. The van der Waals surface area contributed by atoms with Crippen molar-refractivity contribution in [1.29, 1.82) is 0 Å². The first-order valence-corrected chi connectivity index (χ1v) is 11.0. The molecule has 0 unspecified atom stereocenters. The average molecular weight is 563 g/mol. The van der Waals surface area contributed by atoms with Gasteiger partial charge in [0, 0.05) is 25.1 Å². The molecule has 32 heavy (non-hydrogen) atoms. The van der Waals surface area contributed by atoms with Gasteiger partial charge in [-0.1, -0.05) is 18.2 Å². The summed E-state index contributed by atoms with van der Waals surface area (Å²) in [5, 5.41) is 13.4. The van der Waals surface area contributed by atoms with Crippen molar-refractivity contribution in [3.63, 3.8) is 0 Å². The van der Waals surface area contributed by atoms with Crippen molar-refractivity contribution in [2.75, 3.05) is 46.2 Å². The van der Waals surface area contributed by atoms with Crippen LogP contribution in [0.1, 0.15) is 51.4 Å². The molecule has 182 valence electrons. The molecular weight excluding hydrogens is 525 g/mol. The van der Waals surface area contributed by atoms with Gasteiger partial charge in [0.25, 0.3) is 0 Å². The predicted molar refractivity (Wildman–Crippen MR) is 119 cm³/mol. The van der Waals surface area contributed by atoms with E-state index in [1.54, 1.807) is 0 Å². The number of quaternary nitrogens is 1. The van der Waals surface area contributed by atoms with Crippen LogP contribution in [-0.2, 0) is 19.1 Å². The lowest BCUT2D eigenvalue weighted by Crippen LogP contribution is -3.00. The minimum atomic E-state index is -0.463. The van der Waals surface area contributed by atoms with E-state index in [0.29, 0.717) is 17.9 Å². The number of carbonyl (C=O) groups is 3. The monoisotopic (exact) mass is 563 g/mol. The summed E-state index contributed by atoms with van der Waals surface area (Å²) >= 11 is 0. The Labute approximate surface area is 208 Å². The quantitative estimate of drug-likeness (QED) is 0.0796. The van der Waals surface area contributed by atoms with Crippen molar-refractivity contribution < 1.29 is 52.8 Å². The number of anilines is 1. The maximum atomic E-state index is 12.0. The van der Waals surface area contributed by atoms with E-state index in [1.165, 1.54) is 7.11 Å². The van der Waals surface area contributed by atoms with Gasteiger partial charge in [-0.05, 0) is 44.2 Å². The molecule has 0 saturated carbocycles. The van der Waals surface area contributed by atoms with Crippen LogP contribution in [0.15, 0.2) is 30.3 Å². The summed E-state index contributed by atoms with van der Waals surface area (Å²) in [5.74, 6) is -0.872. The van der Waals surface area contributed by atoms with Gasteiger partial charge in [0.05, 0.1) is 40.7 Å². The molecule has 0 saturated heterocycles. The molecule has 0 aromatic heterocycles. The van der Waals surface area contributed by atoms with Crippen LogP contribution in [0, 0.1) is 0 Å². The van der Waals surface area contributed by atoms with Crippen molar-refractivity contribution in [2.24, 2.45) is 0 Å². The molecule has 0 aliphatic heterocycles. The van der Waals surface area contributed by atoms with E-state index in [0.717, 1.165) is 48.9 Å². The number of methoxy groups -OCH3 is 1. The molecule has 0 bridgehead atoms. The zero-order valence-electron chi connectivity index (χ0n) is 19.5. The molecule has 8 nitrogen and oxygen atoms in total. The lowest BCUT2D eigenvalue weighted by molar-refractivity contribution is -0.890. The van der Waals surface area contributed by atoms with E-state index < -0.39 is 11.9 Å². The number of nitrogens with zero attached hydrogens (tertiary/aromatic N) is 2. The third-order valence-corrected chi connectivity index (χ3v) is 5.17. The number of amides is 2. The SMILES string of the molecule is COC(=O)CCC(=O)N(O)CCCC[N+](C)(C)CCCCCC(=O)Nc1ccccc1.[I-]. The van der Waals surface area contributed by atoms with Gasteiger partial charge in [0.1, 0.15) is 0 Å². The highest BCUT2D eigenvalue weighted by Crippen LogP contribution is 2.10. The van der Waals surface area contributed by atoms with Crippen LogP contribution in [0.25, 0.3) is 0 Å². The Morgan fingerprint density at radius 1 is 0.938 bits per heavy atom. The van der Waals surface area contributed by atoms with Crippen LogP contribution in [0.5, 0.6) is 0 Å². The second-order valence-electron chi connectivity index (χ2n) is 8.41. The number of nitrogens with one attached hydrogen (secondary N) is 1. The number of para-hydroxylation sites is 1. The van der Waals surface area contributed by atoms with Crippen molar-refractivity contribution in [3.8, 4) is 0 Å². The zero-order chi connectivity index (χ0) is 23.1. The van der Waals surface area contributed by atoms with E-state index >= 15 is 0 Å². The van der Waals surface area contributed by atoms with E-state index in [1.807, 2.05) is 30.3 Å². The van der Waals surface area contributed by atoms with Crippen LogP contribution in [0.4, 0.5) is 5.69 Å². The van der Waals surface area contributed by atoms with E-state index in [9.17, 15) is 19.6 Å². The zero-order valence-corrected chi connectivity index (χ0v) is 21.7. The maximum absolute atomic E-state index is 12.0. The number of rotatable bonds is 15. The Morgan fingerprint density at radius 3 is 2.19 bits per heavy atom. The highest BCUT2D eigenvalue weighted by molar-refractivity contribution is 5.90. The van der Waals surface area contributed by atoms with Gasteiger partial charge < -0.3 is 38.5 Å². The molecule has 2 amide bonds. The molecule has 0 radical (unpaired) electrons. The molecule has 0 aliphatic carbocycles. The van der Waals surface area contributed by atoms with Crippen molar-refractivity contribution in [2.45, 2.75) is 51.4 Å². The van der Waals surface area contributed by atoms with Gasteiger partial charge in [-0.15, -0.1) is 0 Å². The van der Waals surface area contributed by atoms with Gasteiger partial charge in [0.15, 0.2) is 0 Å². The summed E-state index contributed by atoms with van der Waals surface area (Å²) in [7, 11) is 5.60. The number of hydroxylamine groups is 2. The van der Waals surface area contributed by atoms with E-state index in [-0.39, 0.29) is 49.3 Å². The summed E-state index contributed by atoms with van der Waals surface area (Å²) in [5.41, 5.74) is 0.830. The Bertz CT molecular complexity index is 685. The van der Waals surface area contributed by atoms with Gasteiger partial charge in [0.2, 0.25) is 11.8 Å². The smallest absolute Gasteiger partial charge is 0.306 e. The van der Waals surface area contributed by atoms with Gasteiger partial charge in [-0.2, -0.15) is 0 Å².